The molecule has 1 aliphatic heterocycles. The molecule has 0 saturated carbocycles. The van der Waals surface area contributed by atoms with E-state index in [1.54, 1.807) is 10.9 Å². The van der Waals surface area contributed by atoms with E-state index < -0.39 is 0 Å². The van der Waals surface area contributed by atoms with Crippen molar-refractivity contribution in [1.82, 2.24) is 20.0 Å². The highest BCUT2D eigenvalue weighted by molar-refractivity contribution is 5.76. The van der Waals surface area contributed by atoms with Crippen LogP contribution in [0.3, 0.4) is 0 Å². The van der Waals surface area contributed by atoms with Gasteiger partial charge in [-0.1, -0.05) is 0 Å². The summed E-state index contributed by atoms with van der Waals surface area (Å²) < 4.78 is 6.92. The lowest BCUT2D eigenvalue weighted by Crippen LogP contribution is -2.41. The number of carbonyl (C=O) groups excluding carboxylic acids is 1. The van der Waals surface area contributed by atoms with Crippen LogP contribution < -0.4 is 5.32 Å². The van der Waals surface area contributed by atoms with Gasteiger partial charge in [0.05, 0.1) is 32.6 Å². The Morgan fingerprint density at radius 1 is 1.45 bits per heavy atom. The monoisotopic (exact) mass is 282 g/mol. The largest absolute Gasteiger partial charge is 0.394 e. The molecular weight excluding hydrogens is 260 g/mol. The Morgan fingerprint density at radius 2 is 2.25 bits per heavy atom. The van der Waals surface area contributed by atoms with Crippen LogP contribution in [-0.4, -0.2) is 65.1 Å². The number of hydrogen-bond donors (Lipinski definition) is 2. The molecule has 112 valence electrons. The molecule has 20 heavy (non-hydrogen) atoms. The minimum atomic E-state index is 0.0859. The van der Waals surface area contributed by atoms with Crippen molar-refractivity contribution in [3.05, 3.63) is 18.0 Å². The standard InChI is InChI=1S/C13H22N4O3/c18-6-3-17-11-12(10-15-17)9-14-2-1-13(19)16-4-7-20-8-5-16/h10-11,14,18H,1-9H2. The van der Waals surface area contributed by atoms with Crippen LogP contribution >= 0.6 is 0 Å². The van der Waals surface area contributed by atoms with Crippen molar-refractivity contribution in [3.63, 3.8) is 0 Å². The molecule has 0 spiro atoms. The van der Waals surface area contributed by atoms with Gasteiger partial charge in [-0.25, -0.2) is 0 Å². The van der Waals surface area contributed by atoms with E-state index in [9.17, 15) is 4.79 Å². The molecule has 1 aromatic rings. The quantitative estimate of drug-likeness (QED) is 0.641. The Labute approximate surface area is 118 Å². The molecule has 0 radical (unpaired) electrons. The molecule has 2 heterocycles. The summed E-state index contributed by atoms with van der Waals surface area (Å²) in [7, 11) is 0. The first-order chi connectivity index (χ1) is 9.79. The first kappa shape index (κ1) is 15.0. The number of aliphatic hydroxyl groups excluding tert-OH is 1. The molecule has 0 unspecified atom stereocenters. The van der Waals surface area contributed by atoms with Crippen LogP contribution in [0.25, 0.3) is 0 Å². The summed E-state index contributed by atoms with van der Waals surface area (Å²) in [6, 6.07) is 0. The molecule has 0 atom stereocenters. The molecular formula is C13H22N4O3. The second-order valence-corrected chi connectivity index (χ2v) is 4.76. The molecule has 0 aromatic carbocycles. The van der Waals surface area contributed by atoms with Crippen molar-refractivity contribution in [2.75, 3.05) is 39.5 Å². The number of morpholine rings is 1. The Hall–Kier alpha value is -1.44. The molecule has 2 N–H and O–H groups in total. The minimum Gasteiger partial charge on any atom is -0.394 e. The SMILES string of the molecule is O=C(CCNCc1cnn(CCO)c1)N1CCOCC1. The Bertz CT molecular complexity index is 416. The number of aliphatic hydroxyl groups is 1. The number of rotatable bonds is 7. The summed E-state index contributed by atoms with van der Waals surface area (Å²) >= 11 is 0. The summed E-state index contributed by atoms with van der Waals surface area (Å²) in [5, 5.41) is 16.2. The first-order valence-electron chi connectivity index (χ1n) is 6.98. The number of hydrogen-bond acceptors (Lipinski definition) is 5. The lowest BCUT2D eigenvalue weighted by molar-refractivity contribution is -0.135. The average Bonchev–Trinajstić information content (AvgIpc) is 2.92. The summed E-state index contributed by atoms with van der Waals surface area (Å²) in [5.41, 5.74) is 1.05. The highest BCUT2D eigenvalue weighted by Gasteiger charge is 2.15. The van der Waals surface area contributed by atoms with Crippen molar-refractivity contribution in [2.45, 2.75) is 19.5 Å². The van der Waals surface area contributed by atoms with Gasteiger partial charge in [-0.05, 0) is 0 Å². The maximum atomic E-state index is 11.9. The zero-order chi connectivity index (χ0) is 14.2. The number of amides is 1. The summed E-state index contributed by atoms with van der Waals surface area (Å²) in [6.07, 6.45) is 4.17. The van der Waals surface area contributed by atoms with E-state index in [2.05, 4.69) is 10.4 Å². The van der Waals surface area contributed by atoms with Gasteiger partial charge >= 0.3 is 0 Å². The fourth-order valence-corrected chi connectivity index (χ4v) is 2.12. The normalized spacial score (nSPS) is 15.6. The van der Waals surface area contributed by atoms with E-state index in [0.717, 1.165) is 5.56 Å². The van der Waals surface area contributed by atoms with Gasteiger partial charge in [0.25, 0.3) is 0 Å². The van der Waals surface area contributed by atoms with E-state index in [1.807, 2.05) is 11.1 Å². The number of nitrogens with zero attached hydrogens (tertiary/aromatic N) is 3. The molecule has 1 amide bonds. The number of aromatic nitrogens is 2. The van der Waals surface area contributed by atoms with Crippen molar-refractivity contribution < 1.29 is 14.6 Å². The fourth-order valence-electron chi connectivity index (χ4n) is 2.12. The predicted molar refractivity (Wildman–Crippen MR) is 73.0 cm³/mol. The van der Waals surface area contributed by atoms with Crippen LogP contribution in [0.15, 0.2) is 12.4 Å². The summed E-state index contributed by atoms with van der Waals surface area (Å²) in [4.78, 5) is 13.7. The van der Waals surface area contributed by atoms with Crippen molar-refractivity contribution >= 4 is 5.91 Å². The Morgan fingerprint density at radius 3 is 3.00 bits per heavy atom. The smallest absolute Gasteiger partial charge is 0.224 e. The third kappa shape index (κ3) is 4.59. The molecule has 1 saturated heterocycles. The summed E-state index contributed by atoms with van der Waals surface area (Å²) in [5.74, 6) is 0.178. The van der Waals surface area contributed by atoms with E-state index in [-0.39, 0.29) is 12.5 Å². The van der Waals surface area contributed by atoms with E-state index in [4.69, 9.17) is 9.84 Å². The van der Waals surface area contributed by atoms with Gasteiger partial charge in [-0.2, -0.15) is 5.10 Å². The molecule has 0 aliphatic carbocycles. The zero-order valence-electron chi connectivity index (χ0n) is 11.6. The fraction of sp³-hybridized carbons (Fsp3) is 0.692. The van der Waals surface area contributed by atoms with Crippen LogP contribution in [0.4, 0.5) is 0 Å². The predicted octanol–water partition coefficient (Wildman–Crippen LogP) is -0.786. The molecule has 7 nitrogen and oxygen atoms in total. The maximum absolute atomic E-state index is 11.9. The van der Waals surface area contributed by atoms with E-state index >= 15 is 0 Å². The van der Waals surface area contributed by atoms with Crippen LogP contribution in [0, 0.1) is 0 Å². The average molecular weight is 282 g/mol. The Balaban J connectivity index is 1.61. The van der Waals surface area contributed by atoms with Gasteiger partial charge in [0, 0.05) is 44.4 Å². The van der Waals surface area contributed by atoms with Crippen LogP contribution in [0.1, 0.15) is 12.0 Å². The van der Waals surface area contributed by atoms with E-state index in [1.165, 1.54) is 0 Å². The lowest BCUT2D eigenvalue weighted by Gasteiger charge is -2.26. The number of ether oxygens (including phenoxy) is 1. The summed E-state index contributed by atoms with van der Waals surface area (Å²) in [6.45, 7) is 4.62. The van der Waals surface area contributed by atoms with Gasteiger partial charge in [-0.3, -0.25) is 9.48 Å². The number of nitrogens with one attached hydrogen (secondary N) is 1. The van der Waals surface area contributed by atoms with Crippen molar-refractivity contribution in [2.24, 2.45) is 0 Å². The number of carbonyl (C=O) groups is 1. The highest BCUT2D eigenvalue weighted by Crippen LogP contribution is 2.00. The molecule has 2 rings (SSSR count). The minimum absolute atomic E-state index is 0.0859. The first-order valence-corrected chi connectivity index (χ1v) is 6.98. The van der Waals surface area contributed by atoms with Crippen molar-refractivity contribution in [1.29, 1.82) is 0 Å². The zero-order valence-corrected chi connectivity index (χ0v) is 11.6. The van der Waals surface area contributed by atoms with Gasteiger partial charge in [-0.15, -0.1) is 0 Å². The molecule has 1 aromatic heterocycles. The second kappa shape index (κ2) is 7.98. The third-order valence-electron chi connectivity index (χ3n) is 3.22. The third-order valence-corrected chi connectivity index (χ3v) is 3.22. The lowest BCUT2D eigenvalue weighted by atomic mass is 10.3. The molecule has 0 bridgehead atoms. The highest BCUT2D eigenvalue weighted by atomic mass is 16.5. The van der Waals surface area contributed by atoms with Crippen LogP contribution in [0.2, 0.25) is 0 Å². The van der Waals surface area contributed by atoms with Crippen LogP contribution in [-0.2, 0) is 22.6 Å². The van der Waals surface area contributed by atoms with Gasteiger partial charge in [0.1, 0.15) is 0 Å². The molecule has 1 aliphatic rings. The Kier molecular flexibility index (Phi) is 5.97. The topological polar surface area (TPSA) is 79.6 Å². The van der Waals surface area contributed by atoms with E-state index in [0.29, 0.717) is 52.4 Å². The van der Waals surface area contributed by atoms with Gasteiger partial charge in [0.15, 0.2) is 0 Å². The van der Waals surface area contributed by atoms with Crippen LogP contribution in [0.5, 0.6) is 0 Å². The van der Waals surface area contributed by atoms with Gasteiger partial charge < -0.3 is 20.1 Å². The maximum Gasteiger partial charge on any atom is 0.224 e. The second-order valence-electron chi connectivity index (χ2n) is 4.76. The van der Waals surface area contributed by atoms with Crippen molar-refractivity contribution in [3.8, 4) is 0 Å². The molecule has 1 fully saturated rings. The molecule has 7 heteroatoms. The van der Waals surface area contributed by atoms with Gasteiger partial charge in [0.2, 0.25) is 5.91 Å².